The topological polar surface area (TPSA) is 150 Å². The van der Waals surface area contributed by atoms with E-state index in [1.54, 1.807) is 30.5 Å². The first-order valence-corrected chi connectivity index (χ1v) is 14.9. The molecule has 3 rings (SSSR count). The molecular formula is C23H21BrF3N3O5S3. The molecule has 0 spiro atoms. The van der Waals surface area contributed by atoms with Crippen LogP contribution in [-0.2, 0) is 19.4 Å². The quantitative estimate of drug-likeness (QED) is 0.113. The number of aryl methyl sites for hydroxylation is 1. The Hall–Kier alpha value is -2.88. The third-order valence-electron chi connectivity index (χ3n) is 4.75. The smallest absolute Gasteiger partial charge is 0.475 e. The maximum Gasteiger partial charge on any atom is 0.490 e. The van der Waals surface area contributed by atoms with Crippen LogP contribution in [0.5, 0.6) is 0 Å². The second-order valence-corrected chi connectivity index (χ2v) is 12.0. The van der Waals surface area contributed by atoms with Gasteiger partial charge in [0, 0.05) is 11.3 Å². The molecule has 0 aliphatic heterocycles. The molecule has 0 radical (unpaired) electrons. The second-order valence-electron chi connectivity index (χ2n) is 7.39. The summed E-state index contributed by atoms with van der Waals surface area (Å²) in [6.45, 7) is 1.91. The number of halogens is 4. The number of rotatable bonds is 7. The van der Waals surface area contributed by atoms with Crippen molar-refractivity contribution in [3.63, 3.8) is 0 Å². The van der Waals surface area contributed by atoms with Gasteiger partial charge in [-0.3, -0.25) is 10.2 Å². The normalized spacial score (nSPS) is 11.3. The van der Waals surface area contributed by atoms with Crippen molar-refractivity contribution < 1.29 is 36.3 Å². The molecule has 8 nitrogen and oxygen atoms in total. The Morgan fingerprint density at radius 3 is 2.32 bits per heavy atom. The first-order valence-electron chi connectivity index (χ1n) is 10.3. The molecule has 2 aromatic carbocycles. The lowest BCUT2D eigenvalue weighted by Crippen LogP contribution is -2.21. The lowest BCUT2D eigenvalue weighted by Gasteiger charge is -2.15. The van der Waals surface area contributed by atoms with Crippen LogP contribution >= 0.6 is 39.0 Å². The summed E-state index contributed by atoms with van der Waals surface area (Å²) in [4.78, 5) is 21.5. The number of nitrogen functional groups attached to an aromatic ring is 1. The first-order chi connectivity index (χ1) is 17.6. The number of nitrogens with two attached hydrogens (primary N) is 1. The minimum atomic E-state index is -5.08. The largest absolute Gasteiger partial charge is 0.490 e. The first kappa shape index (κ1) is 31.3. The number of aliphatic carboxylic acids is 1. The zero-order valence-corrected chi connectivity index (χ0v) is 23.8. The molecule has 204 valence electrons. The molecule has 0 saturated carbocycles. The Balaban J connectivity index is 0.000000638. The van der Waals surface area contributed by atoms with E-state index in [4.69, 9.17) is 21.0 Å². The monoisotopic (exact) mass is 651 g/mol. The van der Waals surface area contributed by atoms with E-state index in [2.05, 4.69) is 21.2 Å². The number of nitrogens with one attached hydrogen (secondary N) is 2. The Morgan fingerprint density at radius 1 is 1.18 bits per heavy atom. The second kappa shape index (κ2) is 12.8. The van der Waals surface area contributed by atoms with Gasteiger partial charge in [-0.05, 0) is 48.6 Å². The molecule has 38 heavy (non-hydrogen) atoms. The highest BCUT2D eigenvalue weighted by Gasteiger charge is 2.38. The third kappa shape index (κ3) is 7.58. The van der Waals surface area contributed by atoms with Crippen LogP contribution in [0.25, 0.3) is 11.1 Å². The van der Waals surface area contributed by atoms with Crippen LogP contribution in [0.15, 0.2) is 62.5 Å². The summed E-state index contributed by atoms with van der Waals surface area (Å²) < 4.78 is 59.2. The number of sulfone groups is 1. The Bertz CT molecular complexity index is 1470. The van der Waals surface area contributed by atoms with Crippen LogP contribution in [0.2, 0.25) is 0 Å². The number of amides is 1. The van der Waals surface area contributed by atoms with E-state index >= 15 is 0 Å². The summed E-state index contributed by atoms with van der Waals surface area (Å²) in [5, 5.41) is 17.8. The number of carboxylic acid groups (broad SMARTS) is 1. The zero-order chi connectivity index (χ0) is 28.8. The lowest BCUT2D eigenvalue weighted by molar-refractivity contribution is -0.192. The van der Waals surface area contributed by atoms with Gasteiger partial charge < -0.3 is 16.2 Å². The number of hydrogen-bond acceptors (Lipinski definition) is 7. The average molecular weight is 653 g/mol. The van der Waals surface area contributed by atoms with Crippen molar-refractivity contribution in [3.05, 3.63) is 59.0 Å². The molecule has 0 aliphatic rings. The molecule has 1 heterocycles. The molecule has 15 heteroatoms. The zero-order valence-electron chi connectivity index (χ0n) is 19.7. The fraction of sp³-hybridized carbons (Fsp3) is 0.174. The number of benzene rings is 2. The van der Waals surface area contributed by atoms with Gasteiger partial charge in [0.1, 0.15) is 5.84 Å². The van der Waals surface area contributed by atoms with E-state index in [1.807, 2.05) is 25.1 Å². The van der Waals surface area contributed by atoms with Crippen LogP contribution in [0.4, 0.5) is 18.9 Å². The molecule has 1 amide bonds. The van der Waals surface area contributed by atoms with Gasteiger partial charge in [-0.25, -0.2) is 13.2 Å². The van der Waals surface area contributed by atoms with Gasteiger partial charge in [0.2, 0.25) is 15.7 Å². The predicted molar refractivity (Wildman–Crippen MR) is 145 cm³/mol. The highest BCUT2D eigenvalue weighted by atomic mass is 79.9. The number of hydrogen-bond donors (Lipinski definition) is 4. The van der Waals surface area contributed by atoms with E-state index in [9.17, 15) is 26.4 Å². The molecule has 0 unspecified atom stereocenters. The number of carboxylic acids is 1. The number of carbonyl (C=O) groups excluding carboxylic acids is 1. The van der Waals surface area contributed by atoms with Crippen LogP contribution < -0.4 is 11.1 Å². The molecule has 1 aromatic heterocycles. The number of alkyl halides is 4. The summed E-state index contributed by atoms with van der Waals surface area (Å²) in [6.07, 6.45) is -3.29. The fourth-order valence-corrected chi connectivity index (χ4v) is 7.15. The third-order valence-corrected chi connectivity index (χ3v) is 9.60. The predicted octanol–water partition coefficient (Wildman–Crippen LogP) is 5.53. The van der Waals surface area contributed by atoms with Crippen LogP contribution in [0.3, 0.4) is 0 Å². The van der Waals surface area contributed by atoms with Gasteiger partial charge >= 0.3 is 12.1 Å². The Labute approximate surface area is 233 Å². The van der Waals surface area contributed by atoms with Gasteiger partial charge in [-0.2, -0.15) is 13.2 Å². The minimum absolute atomic E-state index is 0.134. The summed E-state index contributed by atoms with van der Waals surface area (Å²) >= 11 is 5.64. The van der Waals surface area contributed by atoms with E-state index in [0.717, 1.165) is 11.1 Å². The van der Waals surface area contributed by atoms with Crippen LogP contribution in [-0.4, -0.2) is 49.0 Å². The molecule has 0 aliphatic carbocycles. The molecule has 3 aromatic rings. The van der Waals surface area contributed by atoms with Gasteiger partial charge in [0.05, 0.1) is 24.2 Å². The molecule has 0 atom stereocenters. The van der Waals surface area contributed by atoms with E-state index < -0.39 is 22.0 Å². The summed E-state index contributed by atoms with van der Waals surface area (Å²) in [5.41, 5.74) is 8.52. The van der Waals surface area contributed by atoms with Gasteiger partial charge in [-0.1, -0.05) is 40.2 Å². The van der Waals surface area contributed by atoms with Gasteiger partial charge in [0.25, 0.3) is 0 Å². The number of amidine groups is 1. The van der Waals surface area contributed by atoms with Crippen molar-refractivity contribution in [1.29, 1.82) is 5.41 Å². The highest BCUT2D eigenvalue weighted by Crippen LogP contribution is 2.38. The number of carbonyl (C=O) groups is 2. The number of anilines is 1. The summed E-state index contributed by atoms with van der Waals surface area (Å²) in [6, 6.07) is 13.6. The molecule has 0 saturated heterocycles. The van der Waals surface area contributed by atoms with Gasteiger partial charge in [0.15, 0.2) is 0 Å². The van der Waals surface area contributed by atoms with E-state index in [1.165, 1.54) is 29.2 Å². The average Bonchev–Trinajstić information content (AvgIpc) is 3.30. The van der Waals surface area contributed by atoms with Crippen LogP contribution in [0.1, 0.15) is 10.4 Å². The minimum Gasteiger partial charge on any atom is -0.475 e. The van der Waals surface area contributed by atoms with Crippen molar-refractivity contribution in [3.8, 4) is 11.1 Å². The lowest BCUT2D eigenvalue weighted by atomic mass is 9.98. The van der Waals surface area contributed by atoms with Crippen LogP contribution in [0, 0.1) is 12.3 Å². The summed E-state index contributed by atoms with van der Waals surface area (Å²) in [7, 11) is -3.84. The molecule has 5 N–H and O–H groups in total. The summed E-state index contributed by atoms with van der Waals surface area (Å²) in [5.74, 6) is -3.12. The highest BCUT2D eigenvalue weighted by molar-refractivity contribution is 9.09. The fourth-order valence-electron chi connectivity index (χ4n) is 3.10. The van der Waals surface area contributed by atoms with Crippen molar-refractivity contribution in [2.24, 2.45) is 5.73 Å². The van der Waals surface area contributed by atoms with Crippen molar-refractivity contribution in [2.75, 3.05) is 16.9 Å². The maximum absolute atomic E-state index is 13.4. The van der Waals surface area contributed by atoms with Gasteiger partial charge in [-0.15, -0.1) is 23.1 Å². The van der Waals surface area contributed by atoms with Crippen molar-refractivity contribution in [2.45, 2.75) is 27.1 Å². The SMILES string of the molecule is CSc1sc(C(=N)N)cc1S(=O)(=O)c1cccc(-c2c(C)cccc2NC(=O)CBr)c1.O=C(O)C(F)(F)F. The Morgan fingerprint density at radius 2 is 1.79 bits per heavy atom. The molecule has 0 bridgehead atoms. The molecule has 0 fully saturated rings. The number of thiophene rings is 1. The van der Waals surface area contributed by atoms with Crippen molar-refractivity contribution >= 4 is 72.3 Å². The van der Waals surface area contributed by atoms with E-state index in [-0.39, 0.29) is 26.9 Å². The molecular weight excluding hydrogens is 631 g/mol. The number of thioether (sulfide) groups is 1. The Kier molecular flexibility index (Phi) is 10.5. The standard InChI is InChI=1S/C21H20BrN3O3S3.C2HF3O2/c1-12-5-3-8-15(25-18(26)11-22)19(12)13-6-4-7-14(9-13)31(27,28)17-10-16(20(23)24)30-21(17)29-2;3-2(4,5)1(6)7/h3-10H,11H2,1-2H3,(H3,23,24)(H,25,26);(H,6,7). The van der Waals surface area contributed by atoms with Crippen molar-refractivity contribution in [1.82, 2.24) is 0 Å². The maximum atomic E-state index is 13.4. The van der Waals surface area contributed by atoms with E-state index in [0.29, 0.717) is 20.3 Å².